The lowest BCUT2D eigenvalue weighted by atomic mass is 10.2. The molecule has 0 unspecified atom stereocenters. The van der Waals surface area contributed by atoms with Crippen LogP contribution in [-0.4, -0.2) is 42.1 Å². The van der Waals surface area contributed by atoms with Crippen molar-refractivity contribution in [2.45, 2.75) is 6.54 Å². The summed E-state index contributed by atoms with van der Waals surface area (Å²) in [5.74, 6) is 0. The number of urea groups is 1. The summed E-state index contributed by atoms with van der Waals surface area (Å²) in [4.78, 5) is 18.4. The second-order valence-electron chi connectivity index (χ2n) is 4.89. The highest BCUT2D eigenvalue weighted by atomic mass is 16.2. The van der Waals surface area contributed by atoms with E-state index in [1.165, 1.54) is 0 Å². The van der Waals surface area contributed by atoms with Crippen LogP contribution in [0.2, 0.25) is 0 Å². The molecule has 2 heterocycles. The lowest BCUT2D eigenvalue weighted by Crippen LogP contribution is -2.50. The Morgan fingerprint density at radius 3 is 2.85 bits per heavy atom. The van der Waals surface area contributed by atoms with Crippen LogP contribution >= 0.6 is 0 Å². The van der Waals surface area contributed by atoms with Crippen molar-refractivity contribution in [2.24, 2.45) is 0 Å². The first-order chi connectivity index (χ1) is 9.83. The normalized spacial score (nSPS) is 15.3. The van der Waals surface area contributed by atoms with E-state index in [0.29, 0.717) is 6.54 Å². The summed E-state index contributed by atoms with van der Waals surface area (Å²) in [6.07, 6.45) is 0. The van der Waals surface area contributed by atoms with Crippen LogP contribution in [0.4, 0.5) is 4.79 Å². The van der Waals surface area contributed by atoms with E-state index in [2.05, 4.69) is 15.6 Å². The Morgan fingerprint density at radius 1 is 1.20 bits per heavy atom. The number of pyridine rings is 1. The van der Waals surface area contributed by atoms with Gasteiger partial charge in [0.05, 0.1) is 17.8 Å². The molecule has 1 aliphatic rings. The summed E-state index contributed by atoms with van der Waals surface area (Å²) >= 11 is 0. The van der Waals surface area contributed by atoms with Crippen molar-refractivity contribution in [1.29, 1.82) is 0 Å². The minimum atomic E-state index is -0.0125. The van der Waals surface area contributed by atoms with Crippen LogP contribution < -0.4 is 10.6 Å². The summed E-state index contributed by atoms with van der Waals surface area (Å²) in [5, 5.41) is 7.28. The fraction of sp³-hybridized carbons (Fsp3) is 0.333. The first kappa shape index (κ1) is 12.9. The minimum absolute atomic E-state index is 0.0125. The molecule has 0 radical (unpaired) electrons. The number of carbonyl (C=O) groups is 1. The van der Waals surface area contributed by atoms with Gasteiger partial charge >= 0.3 is 6.03 Å². The zero-order valence-corrected chi connectivity index (χ0v) is 11.3. The zero-order chi connectivity index (χ0) is 13.8. The van der Waals surface area contributed by atoms with Gasteiger partial charge in [0.15, 0.2) is 0 Å². The number of piperazine rings is 1. The van der Waals surface area contributed by atoms with Crippen LogP contribution in [0, 0.1) is 0 Å². The molecule has 0 atom stereocenters. The molecule has 1 saturated heterocycles. The highest BCUT2D eigenvalue weighted by Crippen LogP contribution is 2.11. The molecule has 0 spiro atoms. The van der Waals surface area contributed by atoms with Crippen molar-refractivity contribution >= 4 is 16.9 Å². The van der Waals surface area contributed by atoms with Gasteiger partial charge in [-0.2, -0.15) is 0 Å². The van der Waals surface area contributed by atoms with E-state index in [1.807, 2.05) is 41.3 Å². The summed E-state index contributed by atoms with van der Waals surface area (Å²) in [6.45, 7) is 3.71. The number of benzene rings is 1. The smallest absolute Gasteiger partial charge is 0.317 e. The van der Waals surface area contributed by atoms with Crippen LogP contribution in [0.1, 0.15) is 5.69 Å². The molecule has 2 amide bonds. The van der Waals surface area contributed by atoms with E-state index in [0.717, 1.165) is 42.8 Å². The Bertz CT molecular complexity index is 608. The minimum Gasteiger partial charge on any atom is -0.332 e. The molecule has 5 heteroatoms. The fourth-order valence-electron chi connectivity index (χ4n) is 2.35. The first-order valence-corrected chi connectivity index (χ1v) is 6.91. The van der Waals surface area contributed by atoms with Crippen molar-refractivity contribution in [3.05, 3.63) is 42.1 Å². The molecule has 20 heavy (non-hydrogen) atoms. The largest absolute Gasteiger partial charge is 0.332 e. The van der Waals surface area contributed by atoms with E-state index in [1.54, 1.807) is 0 Å². The molecule has 2 N–H and O–H groups in total. The Balaban J connectivity index is 1.62. The maximum absolute atomic E-state index is 12.0. The third kappa shape index (κ3) is 2.88. The summed E-state index contributed by atoms with van der Waals surface area (Å²) in [6, 6.07) is 12.0. The number of nitrogens with zero attached hydrogens (tertiary/aromatic N) is 2. The predicted octanol–water partition coefficient (Wildman–Crippen LogP) is 1.35. The summed E-state index contributed by atoms with van der Waals surface area (Å²) in [5.41, 5.74) is 1.84. The number of hydrogen-bond acceptors (Lipinski definition) is 3. The molecule has 104 valence electrons. The molecule has 1 aromatic carbocycles. The van der Waals surface area contributed by atoms with E-state index < -0.39 is 0 Å². The molecule has 0 bridgehead atoms. The van der Waals surface area contributed by atoms with E-state index in [-0.39, 0.29) is 6.03 Å². The molecular formula is C15H18N4O. The SMILES string of the molecule is O=C(NCc1ccc2ccccc2n1)N1CCNCC1. The molecule has 3 rings (SSSR count). The van der Waals surface area contributed by atoms with Gasteiger partial charge in [-0.25, -0.2) is 4.79 Å². The van der Waals surface area contributed by atoms with Gasteiger partial charge in [-0.1, -0.05) is 24.3 Å². The van der Waals surface area contributed by atoms with Gasteiger partial charge in [-0.3, -0.25) is 4.98 Å². The average molecular weight is 270 g/mol. The monoisotopic (exact) mass is 270 g/mol. The van der Waals surface area contributed by atoms with Crippen molar-refractivity contribution in [3.8, 4) is 0 Å². The van der Waals surface area contributed by atoms with Crippen molar-refractivity contribution in [1.82, 2.24) is 20.5 Å². The van der Waals surface area contributed by atoms with E-state index >= 15 is 0 Å². The quantitative estimate of drug-likeness (QED) is 0.866. The predicted molar refractivity (Wildman–Crippen MR) is 78.4 cm³/mol. The summed E-state index contributed by atoms with van der Waals surface area (Å²) < 4.78 is 0. The standard InChI is InChI=1S/C15H18N4O/c20-15(19-9-7-16-8-10-19)17-11-13-6-5-12-3-1-2-4-14(12)18-13/h1-6,16H,7-11H2,(H,17,20). The Kier molecular flexibility index (Phi) is 3.78. The van der Waals surface area contributed by atoms with Gasteiger partial charge in [0.1, 0.15) is 0 Å². The zero-order valence-electron chi connectivity index (χ0n) is 11.3. The van der Waals surface area contributed by atoms with Crippen molar-refractivity contribution in [3.63, 3.8) is 0 Å². The fourth-order valence-corrected chi connectivity index (χ4v) is 2.35. The van der Waals surface area contributed by atoms with Crippen LogP contribution in [0.15, 0.2) is 36.4 Å². The maximum atomic E-state index is 12.0. The van der Waals surface area contributed by atoms with Gasteiger partial charge in [-0.15, -0.1) is 0 Å². The number of carbonyl (C=O) groups excluding carboxylic acids is 1. The van der Waals surface area contributed by atoms with E-state index in [4.69, 9.17) is 0 Å². The van der Waals surface area contributed by atoms with Gasteiger partial charge in [0, 0.05) is 31.6 Å². The Labute approximate surface area is 118 Å². The van der Waals surface area contributed by atoms with Crippen LogP contribution in [0.5, 0.6) is 0 Å². The highest BCUT2D eigenvalue weighted by molar-refractivity contribution is 5.78. The van der Waals surface area contributed by atoms with Crippen molar-refractivity contribution in [2.75, 3.05) is 26.2 Å². The lowest BCUT2D eigenvalue weighted by Gasteiger charge is -2.27. The third-order valence-corrected chi connectivity index (χ3v) is 3.48. The lowest BCUT2D eigenvalue weighted by molar-refractivity contribution is 0.189. The first-order valence-electron chi connectivity index (χ1n) is 6.91. The number of nitrogens with one attached hydrogen (secondary N) is 2. The van der Waals surface area contributed by atoms with Gasteiger partial charge < -0.3 is 15.5 Å². The third-order valence-electron chi connectivity index (χ3n) is 3.48. The molecule has 0 saturated carbocycles. The van der Waals surface area contributed by atoms with Gasteiger partial charge in [0.2, 0.25) is 0 Å². The Hall–Kier alpha value is -2.14. The summed E-state index contributed by atoms with van der Waals surface area (Å²) in [7, 11) is 0. The average Bonchev–Trinajstić information content (AvgIpc) is 2.53. The van der Waals surface area contributed by atoms with Crippen molar-refractivity contribution < 1.29 is 4.79 Å². The second kappa shape index (κ2) is 5.88. The van der Waals surface area contributed by atoms with Gasteiger partial charge in [-0.05, 0) is 12.1 Å². The number of rotatable bonds is 2. The number of para-hydroxylation sites is 1. The maximum Gasteiger partial charge on any atom is 0.317 e. The Morgan fingerprint density at radius 2 is 2.00 bits per heavy atom. The molecule has 2 aromatic rings. The molecule has 1 aliphatic heterocycles. The molecule has 0 aliphatic carbocycles. The van der Waals surface area contributed by atoms with Crippen LogP contribution in [0.3, 0.4) is 0 Å². The number of amides is 2. The molecule has 5 nitrogen and oxygen atoms in total. The topological polar surface area (TPSA) is 57.3 Å². The number of hydrogen-bond donors (Lipinski definition) is 2. The number of aromatic nitrogens is 1. The molecule has 1 fully saturated rings. The highest BCUT2D eigenvalue weighted by Gasteiger charge is 2.15. The molecular weight excluding hydrogens is 252 g/mol. The van der Waals surface area contributed by atoms with Crippen LogP contribution in [-0.2, 0) is 6.54 Å². The second-order valence-corrected chi connectivity index (χ2v) is 4.89. The number of fused-ring (bicyclic) bond motifs is 1. The molecule has 1 aromatic heterocycles. The van der Waals surface area contributed by atoms with Gasteiger partial charge in [0.25, 0.3) is 0 Å². The van der Waals surface area contributed by atoms with E-state index in [9.17, 15) is 4.79 Å². The van der Waals surface area contributed by atoms with Crippen LogP contribution in [0.25, 0.3) is 10.9 Å².